The second-order valence-electron chi connectivity index (χ2n) is 10.5. The van der Waals surface area contributed by atoms with Gasteiger partial charge in [-0.25, -0.2) is 0 Å². The number of hydrogen-bond donors (Lipinski definition) is 1. The van der Waals surface area contributed by atoms with Gasteiger partial charge >= 0.3 is 6.18 Å². The summed E-state index contributed by atoms with van der Waals surface area (Å²) >= 11 is 0. The van der Waals surface area contributed by atoms with E-state index in [0.29, 0.717) is 6.42 Å². The normalized spacial score (nSPS) is 24.5. The molecule has 10 heteroatoms. The summed E-state index contributed by atoms with van der Waals surface area (Å²) in [5.74, 6) is 0.727. The highest BCUT2D eigenvalue weighted by atomic mass is 28.4. The maximum absolute atomic E-state index is 13.9. The lowest BCUT2D eigenvalue weighted by Gasteiger charge is -2.40. The van der Waals surface area contributed by atoms with Crippen molar-refractivity contribution in [2.24, 2.45) is 0 Å². The van der Waals surface area contributed by atoms with Crippen molar-refractivity contribution < 1.29 is 41.7 Å². The van der Waals surface area contributed by atoms with Crippen LogP contribution in [0.3, 0.4) is 0 Å². The molecule has 0 aromatic heterocycles. The van der Waals surface area contributed by atoms with E-state index >= 15 is 0 Å². The fourth-order valence-electron chi connectivity index (χ4n) is 3.93. The second kappa shape index (κ2) is 12.4. The van der Waals surface area contributed by atoms with Gasteiger partial charge in [0.05, 0.1) is 25.9 Å². The molecule has 0 radical (unpaired) electrons. The van der Waals surface area contributed by atoms with E-state index in [-0.39, 0.29) is 31.1 Å². The summed E-state index contributed by atoms with van der Waals surface area (Å²) in [6, 6.07) is 7.40. The molecule has 5 atom stereocenters. The van der Waals surface area contributed by atoms with E-state index in [4.69, 9.17) is 23.4 Å². The topological polar surface area (TPSA) is 66.4 Å². The summed E-state index contributed by atoms with van der Waals surface area (Å²) in [6.07, 6.45) is -8.38. The van der Waals surface area contributed by atoms with E-state index < -0.39 is 45.0 Å². The van der Waals surface area contributed by atoms with E-state index in [1.165, 1.54) is 7.11 Å². The predicted octanol–water partition coefficient (Wildman–Crippen LogP) is 5.48. The first-order valence-corrected chi connectivity index (χ1v) is 14.9. The lowest BCUT2D eigenvalue weighted by atomic mass is 10.0. The van der Waals surface area contributed by atoms with Crippen molar-refractivity contribution in [2.75, 3.05) is 20.8 Å². The molecular formula is C25H41F3O6Si. The first-order valence-electron chi connectivity index (χ1n) is 12.0. The van der Waals surface area contributed by atoms with Gasteiger partial charge in [0.15, 0.2) is 8.32 Å². The zero-order valence-corrected chi connectivity index (χ0v) is 22.9. The molecule has 1 aromatic carbocycles. The molecule has 1 N–H and O–H groups in total. The van der Waals surface area contributed by atoms with Crippen LogP contribution >= 0.6 is 0 Å². The molecule has 1 saturated heterocycles. The number of halogens is 3. The minimum Gasteiger partial charge on any atom is -0.497 e. The van der Waals surface area contributed by atoms with Gasteiger partial charge in [-0.1, -0.05) is 32.9 Å². The second-order valence-corrected chi connectivity index (χ2v) is 15.3. The molecule has 6 nitrogen and oxygen atoms in total. The average Bonchev–Trinajstić information content (AvgIpc) is 3.10. The van der Waals surface area contributed by atoms with Crippen LogP contribution in [0.15, 0.2) is 24.3 Å². The fourth-order valence-corrected chi connectivity index (χ4v) is 5.25. The van der Waals surface area contributed by atoms with E-state index in [1.54, 1.807) is 7.11 Å². The Morgan fingerprint density at radius 2 is 1.60 bits per heavy atom. The van der Waals surface area contributed by atoms with Crippen LogP contribution in [-0.2, 0) is 25.2 Å². The Hall–Kier alpha value is -1.17. The van der Waals surface area contributed by atoms with Crippen LogP contribution in [0.4, 0.5) is 13.2 Å². The third-order valence-corrected chi connectivity index (χ3v) is 11.5. The highest BCUT2D eigenvalue weighted by molar-refractivity contribution is 6.74. The van der Waals surface area contributed by atoms with Gasteiger partial charge in [0.1, 0.15) is 24.1 Å². The van der Waals surface area contributed by atoms with Gasteiger partial charge in [0, 0.05) is 13.7 Å². The Bertz CT molecular complexity index is 766. The number of methoxy groups -OCH3 is 2. The summed E-state index contributed by atoms with van der Waals surface area (Å²) in [5, 5.41) is 9.16. The molecule has 2 unspecified atom stereocenters. The van der Waals surface area contributed by atoms with Crippen LogP contribution in [0.5, 0.6) is 5.75 Å². The fraction of sp³-hybridized carbons (Fsp3) is 0.760. The molecule has 1 aliphatic heterocycles. The minimum atomic E-state index is -4.48. The number of ether oxygens (including phenoxy) is 4. The van der Waals surface area contributed by atoms with E-state index in [1.807, 2.05) is 58.1 Å². The zero-order valence-electron chi connectivity index (χ0n) is 21.9. The van der Waals surface area contributed by atoms with Crippen LogP contribution < -0.4 is 4.74 Å². The lowest BCUT2D eigenvalue weighted by Crippen LogP contribution is -2.48. The molecule has 0 saturated carbocycles. The summed E-state index contributed by atoms with van der Waals surface area (Å²) in [7, 11) is 0.452. The number of aliphatic hydroxyl groups excluding tert-OH is 1. The van der Waals surface area contributed by atoms with Crippen molar-refractivity contribution in [3.63, 3.8) is 0 Å². The average molecular weight is 523 g/mol. The molecule has 2 rings (SSSR count). The summed E-state index contributed by atoms with van der Waals surface area (Å²) < 4.78 is 70.4. The number of aliphatic hydroxyl groups is 1. The van der Waals surface area contributed by atoms with Gasteiger partial charge in [-0.2, -0.15) is 13.2 Å². The molecule has 0 bridgehead atoms. The van der Waals surface area contributed by atoms with Crippen LogP contribution in [0.2, 0.25) is 18.1 Å². The third kappa shape index (κ3) is 8.16. The third-order valence-electron chi connectivity index (χ3n) is 7.02. The molecule has 1 aliphatic rings. The highest BCUT2D eigenvalue weighted by Crippen LogP contribution is 2.41. The Balaban J connectivity index is 2.10. The standard InChI is InChI=1S/C25H41F3O6Si/c1-24(2,3)35(6,7)34-21(25(26,27)28)13-12-19-22(31-5)23(20(33-19)14-15-29)32-16-17-8-10-18(30-4)11-9-17/h8-11,19-23,29H,12-16H2,1-7H3/t19-,20+,21?,22+,23?/m1/s1. The minimum absolute atomic E-state index is 0.0988. The van der Waals surface area contributed by atoms with Crippen molar-refractivity contribution in [1.82, 2.24) is 0 Å². The Kier molecular flexibility index (Phi) is 10.6. The van der Waals surface area contributed by atoms with Crippen molar-refractivity contribution in [3.05, 3.63) is 29.8 Å². The highest BCUT2D eigenvalue weighted by Gasteiger charge is 2.50. The smallest absolute Gasteiger partial charge is 0.413 e. The zero-order chi connectivity index (χ0) is 26.4. The summed E-state index contributed by atoms with van der Waals surface area (Å²) in [4.78, 5) is 0. The van der Waals surface area contributed by atoms with Crippen molar-refractivity contribution >= 4 is 8.32 Å². The largest absolute Gasteiger partial charge is 0.497 e. The number of rotatable bonds is 12. The summed E-state index contributed by atoms with van der Waals surface area (Å²) in [6.45, 7) is 9.52. The van der Waals surface area contributed by atoms with Gasteiger partial charge in [-0.05, 0) is 55.1 Å². The van der Waals surface area contributed by atoms with Gasteiger partial charge in [0.2, 0.25) is 0 Å². The Labute approximate surface area is 208 Å². The maximum Gasteiger partial charge on any atom is 0.413 e. The molecule has 0 aliphatic carbocycles. The molecule has 35 heavy (non-hydrogen) atoms. The van der Waals surface area contributed by atoms with E-state index in [9.17, 15) is 18.3 Å². The van der Waals surface area contributed by atoms with Gasteiger partial charge in [0.25, 0.3) is 0 Å². The van der Waals surface area contributed by atoms with Gasteiger partial charge in [-0.3, -0.25) is 0 Å². The molecule has 1 fully saturated rings. The van der Waals surface area contributed by atoms with Gasteiger partial charge in [-0.15, -0.1) is 0 Å². The number of benzene rings is 1. The maximum atomic E-state index is 13.9. The van der Waals surface area contributed by atoms with Crippen LogP contribution in [0.25, 0.3) is 0 Å². The Morgan fingerprint density at radius 1 is 1.00 bits per heavy atom. The van der Waals surface area contributed by atoms with E-state index in [0.717, 1.165) is 11.3 Å². The van der Waals surface area contributed by atoms with Crippen LogP contribution in [0.1, 0.15) is 45.6 Å². The van der Waals surface area contributed by atoms with Crippen molar-refractivity contribution in [1.29, 1.82) is 0 Å². The van der Waals surface area contributed by atoms with E-state index in [2.05, 4.69) is 0 Å². The quantitative estimate of drug-likeness (QED) is 0.367. The van der Waals surface area contributed by atoms with Gasteiger partial charge < -0.3 is 28.5 Å². The van der Waals surface area contributed by atoms with Crippen molar-refractivity contribution in [3.8, 4) is 5.75 Å². The SMILES string of the molecule is COc1ccc(COC2[C@H](CCO)O[C@H](CCC(O[Si](C)(C)C(C)(C)C)C(F)(F)F)[C@@H]2OC)cc1. The van der Waals surface area contributed by atoms with Crippen LogP contribution in [0, 0.1) is 0 Å². The van der Waals surface area contributed by atoms with Crippen molar-refractivity contribution in [2.45, 2.75) is 101 Å². The monoisotopic (exact) mass is 522 g/mol. The lowest BCUT2D eigenvalue weighted by molar-refractivity contribution is -0.202. The molecule has 202 valence electrons. The molecule has 1 heterocycles. The molecular weight excluding hydrogens is 481 g/mol. The molecule has 0 spiro atoms. The predicted molar refractivity (Wildman–Crippen MR) is 130 cm³/mol. The number of alkyl halides is 3. The summed E-state index contributed by atoms with van der Waals surface area (Å²) in [5.41, 5.74) is 0.909. The van der Waals surface area contributed by atoms with Crippen LogP contribution in [-0.4, -0.2) is 70.9 Å². The first-order chi connectivity index (χ1) is 16.2. The molecule has 0 amide bonds. The number of hydrogen-bond acceptors (Lipinski definition) is 6. The first kappa shape index (κ1) is 30.1. The Morgan fingerprint density at radius 3 is 2.09 bits per heavy atom. The molecule has 1 aromatic rings.